The summed E-state index contributed by atoms with van der Waals surface area (Å²) in [4.78, 5) is 11.2. The predicted octanol–water partition coefficient (Wildman–Crippen LogP) is 3.21. The van der Waals surface area contributed by atoms with Crippen molar-refractivity contribution in [1.29, 1.82) is 0 Å². The van der Waals surface area contributed by atoms with Gasteiger partial charge in [-0.3, -0.25) is 10.1 Å². The molecule has 5 heteroatoms. The highest BCUT2D eigenvalue weighted by Crippen LogP contribution is 2.34. The van der Waals surface area contributed by atoms with Crippen LogP contribution in [-0.4, -0.2) is 4.92 Å². The fraction of sp³-hybridized carbons (Fsp3) is 0.0909. The smallest absolute Gasteiger partial charge is 0.269 e. The van der Waals surface area contributed by atoms with Gasteiger partial charge < -0.3 is 5.73 Å². The molecule has 82 valence electrons. The van der Waals surface area contributed by atoms with Gasteiger partial charge in [-0.05, 0) is 36.2 Å². The van der Waals surface area contributed by atoms with Crippen molar-refractivity contribution in [2.24, 2.45) is 0 Å². The first kappa shape index (κ1) is 10.6. The van der Waals surface area contributed by atoms with E-state index in [1.54, 1.807) is 12.1 Å². The Bertz CT molecular complexity index is 531. The molecule has 0 saturated carbocycles. The van der Waals surface area contributed by atoms with Gasteiger partial charge in [0.1, 0.15) is 0 Å². The summed E-state index contributed by atoms with van der Waals surface area (Å²) < 4.78 is 0. The maximum absolute atomic E-state index is 10.5. The predicted molar refractivity (Wildman–Crippen MR) is 65.6 cm³/mol. The molecule has 16 heavy (non-hydrogen) atoms. The molecule has 0 atom stereocenters. The summed E-state index contributed by atoms with van der Waals surface area (Å²) in [7, 11) is 0. The number of non-ortho nitro benzene ring substituents is 1. The van der Waals surface area contributed by atoms with Crippen LogP contribution in [0.2, 0.25) is 0 Å². The lowest BCUT2D eigenvalue weighted by atomic mass is 10.1. The maximum Gasteiger partial charge on any atom is 0.269 e. The number of nitro groups is 1. The van der Waals surface area contributed by atoms with Gasteiger partial charge in [-0.25, -0.2) is 0 Å². The summed E-state index contributed by atoms with van der Waals surface area (Å²) in [6.45, 7) is 1.98. The zero-order chi connectivity index (χ0) is 11.7. The van der Waals surface area contributed by atoms with Crippen LogP contribution >= 0.6 is 11.3 Å². The fourth-order valence-corrected chi connectivity index (χ4v) is 2.47. The van der Waals surface area contributed by atoms with Crippen molar-refractivity contribution < 1.29 is 4.92 Å². The van der Waals surface area contributed by atoms with Gasteiger partial charge in [0.15, 0.2) is 0 Å². The highest BCUT2D eigenvalue weighted by atomic mass is 32.1. The van der Waals surface area contributed by atoms with E-state index in [-0.39, 0.29) is 5.69 Å². The third-order valence-corrected chi connectivity index (χ3v) is 3.39. The number of hydrogen-bond donors (Lipinski definition) is 1. The third-order valence-electron chi connectivity index (χ3n) is 2.28. The van der Waals surface area contributed by atoms with Crippen molar-refractivity contribution in [3.63, 3.8) is 0 Å². The summed E-state index contributed by atoms with van der Waals surface area (Å²) in [6, 6.07) is 8.41. The fourth-order valence-electron chi connectivity index (χ4n) is 1.53. The Kier molecular flexibility index (Phi) is 2.62. The van der Waals surface area contributed by atoms with Crippen LogP contribution in [0.1, 0.15) is 5.56 Å². The summed E-state index contributed by atoms with van der Waals surface area (Å²) in [5, 5.41) is 11.3. The van der Waals surface area contributed by atoms with Crippen molar-refractivity contribution in [3.8, 4) is 10.4 Å². The van der Waals surface area contributed by atoms with E-state index in [9.17, 15) is 10.1 Å². The van der Waals surface area contributed by atoms with Crippen LogP contribution in [0.3, 0.4) is 0 Å². The first-order chi connectivity index (χ1) is 7.58. The van der Waals surface area contributed by atoms with Gasteiger partial charge in [-0.1, -0.05) is 0 Å². The average Bonchev–Trinajstić information content (AvgIpc) is 2.58. The molecule has 0 aliphatic heterocycles. The van der Waals surface area contributed by atoms with Crippen LogP contribution in [0, 0.1) is 17.0 Å². The molecule has 1 heterocycles. The largest absolute Gasteiger partial charge is 0.391 e. The molecule has 0 aliphatic rings. The molecule has 2 N–H and O–H groups in total. The molecule has 0 spiro atoms. The minimum absolute atomic E-state index is 0.103. The number of nitrogen functional groups attached to an aromatic ring is 1. The maximum atomic E-state index is 10.5. The van der Waals surface area contributed by atoms with Gasteiger partial charge in [0.05, 0.1) is 9.92 Å². The molecule has 2 aromatic rings. The number of anilines is 1. The molecule has 0 radical (unpaired) electrons. The number of benzene rings is 1. The normalized spacial score (nSPS) is 10.3. The molecular formula is C11H10N2O2S. The van der Waals surface area contributed by atoms with Gasteiger partial charge in [0, 0.05) is 17.0 Å². The second-order valence-corrected chi connectivity index (χ2v) is 4.55. The van der Waals surface area contributed by atoms with Crippen LogP contribution in [0.4, 0.5) is 10.7 Å². The second kappa shape index (κ2) is 3.94. The minimum atomic E-state index is -0.403. The first-order valence-corrected chi connectivity index (χ1v) is 5.50. The van der Waals surface area contributed by atoms with Crippen LogP contribution in [0.5, 0.6) is 0 Å². The molecule has 0 aliphatic carbocycles. The Hall–Kier alpha value is -1.88. The Morgan fingerprint density at radius 3 is 2.38 bits per heavy atom. The number of thiophene rings is 1. The molecular weight excluding hydrogens is 224 g/mol. The quantitative estimate of drug-likeness (QED) is 0.640. The minimum Gasteiger partial charge on any atom is -0.391 e. The summed E-state index contributed by atoms with van der Waals surface area (Å²) in [6.07, 6.45) is 0. The standard InChI is InChI=1S/C11H10N2O2S/c1-7-6-10(12)16-11(7)8-2-4-9(5-3-8)13(14)15/h2-6H,12H2,1H3. The van der Waals surface area contributed by atoms with Crippen LogP contribution in [0.15, 0.2) is 30.3 Å². The van der Waals surface area contributed by atoms with Crippen molar-refractivity contribution >= 4 is 22.0 Å². The number of rotatable bonds is 2. The van der Waals surface area contributed by atoms with Gasteiger partial charge in [0.2, 0.25) is 0 Å². The van der Waals surface area contributed by atoms with E-state index in [0.29, 0.717) is 0 Å². The van der Waals surface area contributed by atoms with E-state index in [2.05, 4.69) is 0 Å². The number of aryl methyl sites for hydroxylation is 1. The molecule has 1 aromatic carbocycles. The third kappa shape index (κ3) is 1.90. The highest BCUT2D eigenvalue weighted by molar-refractivity contribution is 7.19. The first-order valence-electron chi connectivity index (χ1n) is 4.68. The molecule has 0 bridgehead atoms. The number of nitro benzene ring substituents is 1. The Labute approximate surface area is 96.5 Å². The SMILES string of the molecule is Cc1cc(N)sc1-c1ccc([N+](=O)[O-])cc1. The van der Waals surface area contributed by atoms with E-state index in [1.807, 2.05) is 13.0 Å². The van der Waals surface area contributed by atoms with Crippen molar-refractivity contribution in [2.45, 2.75) is 6.92 Å². The molecule has 0 amide bonds. The van der Waals surface area contributed by atoms with Gasteiger partial charge >= 0.3 is 0 Å². The van der Waals surface area contributed by atoms with Gasteiger partial charge in [0.25, 0.3) is 5.69 Å². The lowest BCUT2D eigenvalue weighted by Gasteiger charge is -1.98. The molecule has 0 fully saturated rings. The van der Waals surface area contributed by atoms with Crippen LogP contribution in [0.25, 0.3) is 10.4 Å². The van der Waals surface area contributed by atoms with Gasteiger partial charge in [-0.15, -0.1) is 11.3 Å². The van der Waals surface area contributed by atoms with Crippen LogP contribution in [-0.2, 0) is 0 Å². The van der Waals surface area contributed by atoms with E-state index < -0.39 is 4.92 Å². The second-order valence-electron chi connectivity index (χ2n) is 3.46. The average molecular weight is 234 g/mol. The zero-order valence-electron chi connectivity index (χ0n) is 8.64. The zero-order valence-corrected chi connectivity index (χ0v) is 9.45. The number of nitrogens with zero attached hydrogens (tertiary/aromatic N) is 1. The molecule has 2 rings (SSSR count). The van der Waals surface area contributed by atoms with E-state index >= 15 is 0 Å². The van der Waals surface area contributed by atoms with E-state index in [1.165, 1.54) is 23.5 Å². The van der Waals surface area contributed by atoms with Crippen molar-refractivity contribution in [2.75, 3.05) is 5.73 Å². The Morgan fingerprint density at radius 2 is 1.94 bits per heavy atom. The van der Waals surface area contributed by atoms with Crippen molar-refractivity contribution in [1.82, 2.24) is 0 Å². The number of hydrogen-bond acceptors (Lipinski definition) is 4. The van der Waals surface area contributed by atoms with Crippen LogP contribution < -0.4 is 5.73 Å². The van der Waals surface area contributed by atoms with E-state index in [4.69, 9.17) is 5.73 Å². The molecule has 0 unspecified atom stereocenters. The summed E-state index contributed by atoms with van der Waals surface area (Å²) >= 11 is 1.49. The molecule has 1 aromatic heterocycles. The summed E-state index contributed by atoms with van der Waals surface area (Å²) in [5.41, 5.74) is 7.86. The highest BCUT2D eigenvalue weighted by Gasteiger charge is 2.09. The monoisotopic (exact) mass is 234 g/mol. The lowest BCUT2D eigenvalue weighted by Crippen LogP contribution is -1.86. The summed E-state index contributed by atoms with van der Waals surface area (Å²) in [5.74, 6) is 0. The lowest BCUT2D eigenvalue weighted by molar-refractivity contribution is -0.384. The Balaban J connectivity index is 2.42. The van der Waals surface area contributed by atoms with Crippen molar-refractivity contribution in [3.05, 3.63) is 46.0 Å². The Morgan fingerprint density at radius 1 is 1.31 bits per heavy atom. The number of nitrogens with two attached hydrogens (primary N) is 1. The topological polar surface area (TPSA) is 69.2 Å². The van der Waals surface area contributed by atoms with Gasteiger partial charge in [-0.2, -0.15) is 0 Å². The van der Waals surface area contributed by atoms with E-state index in [0.717, 1.165) is 21.0 Å². The molecule has 0 saturated heterocycles. The molecule has 4 nitrogen and oxygen atoms in total.